The number of methoxy groups -OCH3 is 1. The lowest BCUT2D eigenvalue weighted by Gasteiger charge is -2.25. The van der Waals surface area contributed by atoms with Gasteiger partial charge in [0.2, 0.25) is 0 Å². The molecule has 8 nitrogen and oxygen atoms in total. The van der Waals surface area contributed by atoms with Gasteiger partial charge in [-0.2, -0.15) is 0 Å². The fourth-order valence-corrected chi connectivity index (χ4v) is 5.85. The summed E-state index contributed by atoms with van der Waals surface area (Å²) in [7, 11) is -3.62. The first-order valence-corrected chi connectivity index (χ1v) is 13.9. The van der Waals surface area contributed by atoms with Crippen molar-refractivity contribution in [3.8, 4) is 0 Å². The third-order valence-electron chi connectivity index (χ3n) is 6.47. The predicted octanol–water partition coefficient (Wildman–Crippen LogP) is 5.01. The largest absolute Gasteiger partial charge is 0.381 e. The molecule has 1 atom stereocenters. The molecule has 1 saturated heterocycles. The summed E-state index contributed by atoms with van der Waals surface area (Å²) in [6, 6.07) is 9.34. The minimum Gasteiger partial charge on any atom is -0.381 e. The van der Waals surface area contributed by atoms with Crippen LogP contribution in [0.3, 0.4) is 0 Å². The number of halogens is 3. The van der Waals surface area contributed by atoms with Crippen molar-refractivity contribution in [2.75, 3.05) is 31.4 Å². The number of hydrogen-bond acceptors (Lipinski definition) is 7. The van der Waals surface area contributed by atoms with E-state index in [1.165, 1.54) is 25.3 Å². The molecule has 0 saturated carbocycles. The van der Waals surface area contributed by atoms with Crippen molar-refractivity contribution in [2.24, 2.45) is 4.99 Å². The Hall–Kier alpha value is -3.61. The number of nitrogens with one attached hydrogen (secondary N) is 1. The standard InChI is InChI=1S/C28H29F3N4O4S/c1-18-14-19(8-11-33-18)23(16-34-21-9-12-39-13-10-21)28(32)22-4-3-5-25(27(22)31)35(17-38-2)40(36,37)26-15-20(29)6-7-24(26)30/h3-8,11,14-16,21,23,32H,9-10,12-13,17H2,1-2H3. The zero-order valence-corrected chi connectivity index (χ0v) is 22.8. The Morgan fingerprint density at radius 3 is 2.65 bits per heavy atom. The summed E-state index contributed by atoms with van der Waals surface area (Å²) < 4.78 is 82.1. The van der Waals surface area contributed by atoms with E-state index >= 15 is 4.39 Å². The number of hydrogen-bond donors (Lipinski definition) is 1. The number of aromatic nitrogens is 1. The van der Waals surface area contributed by atoms with Gasteiger partial charge >= 0.3 is 0 Å². The molecular weight excluding hydrogens is 545 g/mol. The highest BCUT2D eigenvalue weighted by atomic mass is 32.2. The molecule has 2 aromatic carbocycles. The highest BCUT2D eigenvalue weighted by Gasteiger charge is 2.32. The van der Waals surface area contributed by atoms with Crippen LogP contribution in [0.2, 0.25) is 0 Å². The minimum absolute atomic E-state index is 0.00772. The lowest BCUT2D eigenvalue weighted by atomic mass is 9.90. The summed E-state index contributed by atoms with van der Waals surface area (Å²) in [6.07, 6.45) is 4.62. The lowest BCUT2D eigenvalue weighted by molar-refractivity contribution is 0.0872. The number of anilines is 1. The number of sulfonamides is 1. The van der Waals surface area contributed by atoms with Crippen LogP contribution in [0.1, 0.15) is 35.6 Å². The van der Waals surface area contributed by atoms with E-state index in [9.17, 15) is 17.2 Å². The maximum absolute atomic E-state index is 16.1. The Bertz CT molecular complexity index is 1510. The second kappa shape index (κ2) is 12.7. The maximum Gasteiger partial charge on any atom is 0.269 e. The Morgan fingerprint density at radius 2 is 1.95 bits per heavy atom. The molecule has 212 valence electrons. The van der Waals surface area contributed by atoms with Crippen LogP contribution in [0.4, 0.5) is 18.9 Å². The van der Waals surface area contributed by atoms with Gasteiger partial charge in [-0.25, -0.2) is 25.9 Å². The van der Waals surface area contributed by atoms with Gasteiger partial charge in [0.1, 0.15) is 23.3 Å². The van der Waals surface area contributed by atoms with Crippen LogP contribution in [0, 0.1) is 29.8 Å². The number of pyridine rings is 1. The Labute approximate surface area is 231 Å². The highest BCUT2D eigenvalue weighted by Crippen LogP contribution is 2.32. The zero-order chi connectivity index (χ0) is 28.9. The van der Waals surface area contributed by atoms with E-state index in [0.717, 1.165) is 18.9 Å². The Morgan fingerprint density at radius 1 is 1.20 bits per heavy atom. The molecule has 0 bridgehead atoms. The number of ether oxygens (including phenoxy) is 2. The average molecular weight is 575 g/mol. The quantitative estimate of drug-likeness (QED) is 0.271. The molecule has 3 aromatic rings. The molecular formula is C28H29F3N4O4S. The van der Waals surface area contributed by atoms with Gasteiger partial charge < -0.3 is 14.9 Å². The van der Waals surface area contributed by atoms with Crippen molar-refractivity contribution in [1.29, 1.82) is 5.41 Å². The van der Waals surface area contributed by atoms with Crippen LogP contribution < -0.4 is 4.31 Å². The van der Waals surface area contributed by atoms with Crippen molar-refractivity contribution in [3.63, 3.8) is 0 Å². The van der Waals surface area contributed by atoms with Gasteiger partial charge in [0.05, 0.1) is 23.4 Å². The van der Waals surface area contributed by atoms with Gasteiger partial charge in [0, 0.05) is 44.0 Å². The van der Waals surface area contributed by atoms with E-state index in [-0.39, 0.29) is 17.3 Å². The molecule has 1 fully saturated rings. The summed E-state index contributed by atoms with van der Waals surface area (Å²) in [5.41, 5.74) is 0.498. The number of rotatable bonds is 10. The Balaban J connectivity index is 1.77. The van der Waals surface area contributed by atoms with E-state index in [1.807, 2.05) is 0 Å². The van der Waals surface area contributed by atoms with Crippen molar-refractivity contribution in [1.82, 2.24) is 4.98 Å². The monoisotopic (exact) mass is 574 g/mol. The molecule has 0 amide bonds. The van der Waals surface area contributed by atoms with E-state index in [2.05, 4.69) is 9.98 Å². The van der Waals surface area contributed by atoms with E-state index in [1.54, 1.807) is 31.5 Å². The maximum atomic E-state index is 16.1. The lowest BCUT2D eigenvalue weighted by Crippen LogP contribution is -2.34. The summed E-state index contributed by atoms with van der Waals surface area (Å²) in [4.78, 5) is 7.88. The van der Waals surface area contributed by atoms with Crippen molar-refractivity contribution in [2.45, 2.75) is 36.6 Å². The zero-order valence-electron chi connectivity index (χ0n) is 22.0. The normalized spacial score (nSPS) is 15.3. The predicted molar refractivity (Wildman–Crippen MR) is 145 cm³/mol. The molecule has 0 radical (unpaired) electrons. The van der Waals surface area contributed by atoms with Gasteiger partial charge in [-0.1, -0.05) is 12.1 Å². The fraction of sp³-hybridized carbons (Fsp3) is 0.321. The molecule has 12 heteroatoms. The number of aliphatic imine (C=N–C) groups is 1. The van der Waals surface area contributed by atoms with E-state index in [0.29, 0.717) is 40.9 Å². The van der Waals surface area contributed by atoms with Gasteiger partial charge in [0.15, 0.2) is 5.82 Å². The number of nitrogens with zero attached hydrogens (tertiary/aromatic N) is 3. The highest BCUT2D eigenvalue weighted by molar-refractivity contribution is 7.92. The summed E-state index contributed by atoms with van der Waals surface area (Å²) in [6.45, 7) is 2.25. The molecule has 4 rings (SSSR count). The smallest absolute Gasteiger partial charge is 0.269 e. The van der Waals surface area contributed by atoms with E-state index in [4.69, 9.17) is 14.9 Å². The van der Waals surface area contributed by atoms with Crippen molar-refractivity contribution >= 4 is 27.6 Å². The van der Waals surface area contributed by atoms with Crippen LogP contribution in [0.15, 0.2) is 64.6 Å². The molecule has 0 aliphatic carbocycles. The molecule has 1 N–H and O–H groups in total. The minimum atomic E-state index is -4.80. The Kier molecular flexibility index (Phi) is 9.33. The first-order chi connectivity index (χ1) is 19.1. The van der Waals surface area contributed by atoms with Crippen LogP contribution in [0.5, 0.6) is 0 Å². The van der Waals surface area contributed by atoms with Gasteiger partial charge in [-0.15, -0.1) is 0 Å². The van der Waals surface area contributed by atoms with E-state index < -0.39 is 50.7 Å². The molecule has 1 aliphatic heterocycles. The van der Waals surface area contributed by atoms with Crippen molar-refractivity contribution < 1.29 is 31.1 Å². The first kappa shape index (κ1) is 29.4. The van der Waals surface area contributed by atoms with Crippen molar-refractivity contribution in [3.05, 3.63) is 89.0 Å². The molecule has 1 unspecified atom stereocenters. The SMILES string of the molecule is COCN(c1cccc(C(=N)C(C=NC2CCOCC2)c2ccnc(C)c2)c1F)S(=O)(=O)c1cc(F)ccc1F. The second-order valence-electron chi connectivity index (χ2n) is 9.25. The molecule has 40 heavy (non-hydrogen) atoms. The molecule has 1 aliphatic rings. The number of benzene rings is 2. The van der Waals surface area contributed by atoms with Gasteiger partial charge in [-0.05, 0) is 61.7 Å². The van der Waals surface area contributed by atoms with Gasteiger partial charge in [0.25, 0.3) is 10.0 Å². The van der Waals surface area contributed by atoms with Crippen LogP contribution in [-0.4, -0.2) is 58.4 Å². The van der Waals surface area contributed by atoms with Gasteiger partial charge in [-0.3, -0.25) is 9.98 Å². The third-order valence-corrected chi connectivity index (χ3v) is 8.22. The summed E-state index contributed by atoms with van der Waals surface area (Å²) in [5, 5.41) is 8.99. The van der Waals surface area contributed by atoms with Crippen LogP contribution in [-0.2, 0) is 19.5 Å². The molecule has 0 spiro atoms. The van der Waals surface area contributed by atoms with Crippen LogP contribution in [0.25, 0.3) is 0 Å². The third kappa shape index (κ3) is 6.40. The molecule has 2 heterocycles. The summed E-state index contributed by atoms with van der Waals surface area (Å²) in [5.74, 6) is -4.00. The second-order valence-corrected chi connectivity index (χ2v) is 11.1. The average Bonchev–Trinajstić information content (AvgIpc) is 2.94. The first-order valence-electron chi connectivity index (χ1n) is 12.5. The summed E-state index contributed by atoms with van der Waals surface area (Å²) >= 11 is 0. The fourth-order valence-electron chi connectivity index (χ4n) is 4.40. The van der Waals surface area contributed by atoms with Crippen LogP contribution >= 0.6 is 0 Å². The topological polar surface area (TPSA) is 105 Å². The molecule has 1 aromatic heterocycles. The number of aryl methyl sites for hydroxylation is 1.